The van der Waals surface area contributed by atoms with Crippen LogP contribution >= 0.6 is 0 Å². The highest BCUT2D eigenvalue weighted by molar-refractivity contribution is 5.48. The van der Waals surface area contributed by atoms with Gasteiger partial charge in [0.2, 0.25) is 0 Å². The number of rotatable bonds is 1. The van der Waals surface area contributed by atoms with Gasteiger partial charge in [-0.05, 0) is 6.92 Å². The van der Waals surface area contributed by atoms with Gasteiger partial charge in [0.25, 0.3) is 0 Å². The van der Waals surface area contributed by atoms with Crippen LogP contribution in [0.15, 0.2) is 12.4 Å². The molecule has 0 unspecified atom stereocenters. The first-order chi connectivity index (χ1) is 7.13. The van der Waals surface area contributed by atoms with Gasteiger partial charge in [0.05, 0.1) is 23.8 Å². The lowest BCUT2D eigenvalue weighted by Gasteiger charge is -2.00. The molecule has 2 N–H and O–H groups in total. The highest BCUT2D eigenvalue weighted by Crippen LogP contribution is 2.16. The molecule has 2 heterocycles. The maximum atomic E-state index is 9.01. The Morgan fingerprint density at radius 1 is 1.53 bits per heavy atom. The minimum absolute atomic E-state index is 0.514. The van der Waals surface area contributed by atoms with E-state index in [9.17, 15) is 0 Å². The number of hydrogen-bond acceptors (Lipinski definition) is 4. The third-order valence-electron chi connectivity index (χ3n) is 2.12. The van der Waals surface area contributed by atoms with Crippen LogP contribution in [-0.2, 0) is 7.05 Å². The molecule has 0 atom stereocenters. The molecule has 0 saturated carbocycles. The third kappa shape index (κ3) is 1.34. The third-order valence-corrected chi connectivity index (χ3v) is 2.12. The molecule has 0 aliphatic rings. The van der Waals surface area contributed by atoms with Gasteiger partial charge < -0.3 is 5.73 Å². The highest BCUT2D eigenvalue weighted by atomic mass is 15.4. The topological polar surface area (TPSA) is 85.4 Å². The number of nitriles is 1. The lowest BCUT2D eigenvalue weighted by atomic mass is 10.3. The van der Waals surface area contributed by atoms with E-state index in [1.54, 1.807) is 29.5 Å². The van der Waals surface area contributed by atoms with E-state index in [4.69, 9.17) is 11.0 Å². The Kier molecular flexibility index (Phi) is 1.94. The first-order valence-corrected chi connectivity index (χ1v) is 4.37. The molecule has 0 fully saturated rings. The van der Waals surface area contributed by atoms with Gasteiger partial charge in [-0.25, -0.2) is 9.36 Å². The largest absolute Gasteiger partial charge is 0.396 e. The number of aromatic nitrogens is 4. The fraction of sp³-hybridized carbons (Fsp3) is 0.222. The molecular formula is C9H10N6. The van der Waals surface area contributed by atoms with Crippen molar-refractivity contribution in [2.45, 2.75) is 6.92 Å². The maximum Gasteiger partial charge on any atom is 0.170 e. The van der Waals surface area contributed by atoms with Gasteiger partial charge in [-0.15, -0.1) is 0 Å². The standard InChI is InChI=1S/C9H10N6/c1-6-8(3-10)9(14(2)13-6)15-5-7(11)4-12-15/h4-5H,11H2,1-2H3. The molecule has 0 amide bonds. The Morgan fingerprint density at radius 2 is 2.27 bits per heavy atom. The summed E-state index contributed by atoms with van der Waals surface area (Å²) in [5, 5.41) is 17.2. The molecule has 0 spiro atoms. The predicted molar refractivity (Wildman–Crippen MR) is 54.2 cm³/mol. The second kappa shape index (κ2) is 3.13. The van der Waals surface area contributed by atoms with Gasteiger partial charge in [0.1, 0.15) is 11.6 Å². The maximum absolute atomic E-state index is 9.01. The molecule has 76 valence electrons. The summed E-state index contributed by atoms with van der Waals surface area (Å²) < 4.78 is 3.16. The van der Waals surface area contributed by atoms with Crippen LogP contribution in [0.2, 0.25) is 0 Å². The summed E-state index contributed by atoms with van der Waals surface area (Å²) in [6, 6.07) is 2.11. The van der Waals surface area contributed by atoms with E-state index in [2.05, 4.69) is 16.3 Å². The molecule has 2 aromatic rings. The van der Waals surface area contributed by atoms with Crippen molar-refractivity contribution in [3.8, 4) is 11.9 Å². The summed E-state index contributed by atoms with van der Waals surface area (Å²) in [5.41, 5.74) is 7.32. The van der Waals surface area contributed by atoms with Gasteiger partial charge in [-0.3, -0.25) is 0 Å². The Morgan fingerprint density at radius 3 is 2.80 bits per heavy atom. The lowest BCUT2D eigenvalue weighted by Crippen LogP contribution is -2.04. The van der Waals surface area contributed by atoms with E-state index < -0.39 is 0 Å². The molecule has 6 nitrogen and oxygen atoms in total. The van der Waals surface area contributed by atoms with Crippen molar-refractivity contribution in [1.82, 2.24) is 19.6 Å². The normalized spacial score (nSPS) is 10.2. The van der Waals surface area contributed by atoms with Crippen LogP contribution in [0.25, 0.3) is 5.82 Å². The molecule has 2 rings (SSSR count). The lowest BCUT2D eigenvalue weighted by molar-refractivity contribution is 0.693. The van der Waals surface area contributed by atoms with E-state index in [1.807, 2.05) is 0 Å². The van der Waals surface area contributed by atoms with Crippen molar-refractivity contribution in [2.75, 3.05) is 5.73 Å². The monoisotopic (exact) mass is 202 g/mol. The first kappa shape index (κ1) is 9.27. The van der Waals surface area contributed by atoms with E-state index in [-0.39, 0.29) is 0 Å². The average molecular weight is 202 g/mol. The number of anilines is 1. The van der Waals surface area contributed by atoms with Gasteiger partial charge in [-0.1, -0.05) is 0 Å². The number of hydrogen-bond donors (Lipinski definition) is 1. The van der Waals surface area contributed by atoms with Crippen LogP contribution in [-0.4, -0.2) is 19.6 Å². The first-order valence-electron chi connectivity index (χ1n) is 4.37. The smallest absolute Gasteiger partial charge is 0.170 e. The van der Waals surface area contributed by atoms with Crippen molar-refractivity contribution in [2.24, 2.45) is 7.05 Å². The van der Waals surface area contributed by atoms with E-state index >= 15 is 0 Å². The van der Waals surface area contributed by atoms with Gasteiger partial charge >= 0.3 is 0 Å². The summed E-state index contributed by atoms with van der Waals surface area (Å²) in [6.45, 7) is 1.79. The molecule has 2 aromatic heterocycles. The molecule has 0 saturated heterocycles. The summed E-state index contributed by atoms with van der Waals surface area (Å²) in [6.07, 6.45) is 3.18. The van der Waals surface area contributed by atoms with Crippen LogP contribution in [0.4, 0.5) is 5.69 Å². The zero-order valence-electron chi connectivity index (χ0n) is 8.47. The van der Waals surface area contributed by atoms with Crippen molar-refractivity contribution >= 4 is 5.69 Å². The quantitative estimate of drug-likeness (QED) is 0.723. The highest BCUT2D eigenvalue weighted by Gasteiger charge is 2.14. The summed E-state index contributed by atoms with van der Waals surface area (Å²) >= 11 is 0. The second-order valence-corrected chi connectivity index (χ2v) is 3.24. The molecular weight excluding hydrogens is 192 g/mol. The number of nitrogen functional groups attached to an aromatic ring is 1. The number of nitrogens with two attached hydrogens (primary N) is 1. The average Bonchev–Trinajstić information content (AvgIpc) is 2.70. The fourth-order valence-corrected chi connectivity index (χ4v) is 1.49. The number of nitrogens with zero attached hydrogens (tertiary/aromatic N) is 5. The van der Waals surface area contributed by atoms with E-state index in [0.29, 0.717) is 22.8 Å². The van der Waals surface area contributed by atoms with Crippen molar-refractivity contribution in [1.29, 1.82) is 5.26 Å². The summed E-state index contributed by atoms with van der Waals surface area (Å²) in [4.78, 5) is 0. The molecule has 0 aliphatic carbocycles. The van der Waals surface area contributed by atoms with Crippen LogP contribution in [0, 0.1) is 18.3 Å². The zero-order chi connectivity index (χ0) is 11.0. The van der Waals surface area contributed by atoms with Crippen molar-refractivity contribution in [3.63, 3.8) is 0 Å². The summed E-state index contributed by atoms with van der Waals surface area (Å²) in [5.74, 6) is 0.631. The number of aryl methyl sites for hydroxylation is 2. The molecule has 0 aliphatic heterocycles. The Balaban J connectivity index is 2.67. The van der Waals surface area contributed by atoms with Gasteiger partial charge in [-0.2, -0.15) is 15.5 Å². The molecule has 0 bridgehead atoms. The van der Waals surface area contributed by atoms with Crippen LogP contribution in [0.3, 0.4) is 0 Å². The zero-order valence-corrected chi connectivity index (χ0v) is 8.47. The molecule has 0 aromatic carbocycles. The van der Waals surface area contributed by atoms with Gasteiger partial charge in [0, 0.05) is 7.05 Å². The second-order valence-electron chi connectivity index (χ2n) is 3.24. The SMILES string of the molecule is Cc1nn(C)c(-n2cc(N)cn2)c1C#N. The summed E-state index contributed by atoms with van der Waals surface area (Å²) in [7, 11) is 1.76. The Bertz CT molecular complexity index is 541. The van der Waals surface area contributed by atoms with Crippen LogP contribution < -0.4 is 5.73 Å². The Labute approximate surface area is 86.5 Å². The van der Waals surface area contributed by atoms with E-state index in [1.165, 1.54) is 6.20 Å². The van der Waals surface area contributed by atoms with Crippen LogP contribution in [0.1, 0.15) is 11.3 Å². The van der Waals surface area contributed by atoms with E-state index in [0.717, 1.165) is 0 Å². The van der Waals surface area contributed by atoms with Crippen LogP contribution in [0.5, 0.6) is 0 Å². The minimum Gasteiger partial charge on any atom is -0.396 e. The Hall–Kier alpha value is -2.29. The van der Waals surface area contributed by atoms with Crippen molar-refractivity contribution in [3.05, 3.63) is 23.7 Å². The molecule has 6 heteroatoms. The molecule has 15 heavy (non-hydrogen) atoms. The fourth-order valence-electron chi connectivity index (χ4n) is 1.49. The minimum atomic E-state index is 0.514. The molecule has 0 radical (unpaired) electrons. The van der Waals surface area contributed by atoms with Crippen molar-refractivity contribution < 1.29 is 0 Å². The van der Waals surface area contributed by atoms with Gasteiger partial charge in [0.15, 0.2) is 5.82 Å². The predicted octanol–water partition coefficient (Wildman–Crippen LogP) is 0.368.